The van der Waals surface area contributed by atoms with Crippen LogP contribution in [0.3, 0.4) is 0 Å². The molecule has 0 aromatic rings. The first-order valence-corrected chi connectivity index (χ1v) is 6.15. The summed E-state index contributed by atoms with van der Waals surface area (Å²) in [4.78, 5) is 24.8. The molecule has 18 heavy (non-hydrogen) atoms. The Balaban J connectivity index is 0.00000289. The molecule has 1 heterocycles. The average molecular weight is 279 g/mol. The van der Waals surface area contributed by atoms with Crippen molar-refractivity contribution in [3.05, 3.63) is 0 Å². The predicted molar refractivity (Wildman–Crippen MR) is 72.7 cm³/mol. The first-order chi connectivity index (χ1) is 8.15. The summed E-state index contributed by atoms with van der Waals surface area (Å²) in [6.45, 7) is 5.20. The number of rotatable bonds is 5. The number of urea groups is 1. The Kier molecular flexibility index (Phi) is 8.70. The Morgan fingerprint density at radius 1 is 1.44 bits per heavy atom. The van der Waals surface area contributed by atoms with Gasteiger partial charge in [0.2, 0.25) is 5.91 Å². The summed E-state index contributed by atoms with van der Waals surface area (Å²) in [5.41, 5.74) is 5.57. The highest BCUT2D eigenvalue weighted by Crippen LogP contribution is 2.13. The summed E-state index contributed by atoms with van der Waals surface area (Å²) in [6.07, 6.45) is 1.89. The van der Waals surface area contributed by atoms with E-state index in [1.165, 1.54) is 0 Å². The second-order valence-electron chi connectivity index (χ2n) is 4.43. The van der Waals surface area contributed by atoms with E-state index in [0.717, 1.165) is 25.9 Å². The minimum Gasteiger partial charge on any atom is -0.338 e. The zero-order valence-corrected chi connectivity index (χ0v) is 11.6. The minimum absolute atomic E-state index is 0. The molecule has 1 saturated heterocycles. The zero-order valence-electron chi connectivity index (χ0n) is 10.8. The highest BCUT2D eigenvalue weighted by Gasteiger charge is 2.23. The van der Waals surface area contributed by atoms with Crippen LogP contribution in [0.1, 0.15) is 19.8 Å². The molecule has 1 fully saturated rings. The van der Waals surface area contributed by atoms with Gasteiger partial charge in [-0.25, -0.2) is 4.79 Å². The molecule has 3 amide bonds. The Labute approximate surface area is 114 Å². The van der Waals surface area contributed by atoms with E-state index < -0.39 is 6.03 Å². The lowest BCUT2D eigenvalue weighted by Crippen LogP contribution is -2.44. The maximum atomic E-state index is 11.5. The number of nitrogens with one attached hydrogen (secondary N) is 2. The van der Waals surface area contributed by atoms with Gasteiger partial charge < -0.3 is 11.1 Å². The van der Waals surface area contributed by atoms with Crippen LogP contribution in [0.25, 0.3) is 0 Å². The number of hydrogen-bond acceptors (Lipinski definition) is 4. The van der Waals surface area contributed by atoms with E-state index in [9.17, 15) is 9.59 Å². The van der Waals surface area contributed by atoms with Crippen LogP contribution in [0.2, 0.25) is 0 Å². The lowest BCUT2D eigenvalue weighted by Gasteiger charge is -2.14. The van der Waals surface area contributed by atoms with Gasteiger partial charge in [-0.05, 0) is 31.8 Å². The van der Waals surface area contributed by atoms with Gasteiger partial charge in [-0.15, -0.1) is 12.4 Å². The van der Waals surface area contributed by atoms with Crippen LogP contribution >= 0.6 is 12.4 Å². The largest absolute Gasteiger partial charge is 0.338 e. The fourth-order valence-corrected chi connectivity index (χ4v) is 1.90. The number of carbonyl (C=O) groups excluding carboxylic acids is 2. The summed E-state index contributed by atoms with van der Waals surface area (Å²) >= 11 is 0. The maximum Gasteiger partial charge on any atom is 0.321 e. The molecular formula is C11H23ClN4O2. The van der Waals surface area contributed by atoms with Gasteiger partial charge in [0.1, 0.15) is 0 Å². The number of hydrogen-bond donors (Lipinski definition) is 3. The van der Waals surface area contributed by atoms with Crippen LogP contribution in [0.5, 0.6) is 0 Å². The quantitative estimate of drug-likeness (QED) is 0.657. The van der Waals surface area contributed by atoms with Crippen molar-refractivity contribution in [2.45, 2.75) is 19.8 Å². The third kappa shape index (κ3) is 6.18. The molecular weight excluding hydrogens is 256 g/mol. The highest BCUT2D eigenvalue weighted by atomic mass is 35.5. The summed E-state index contributed by atoms with van der Waals surface area (Å²) in [6, 6.07) is -0.411. The predicted octanol–water partition coefficient (Wildman–Crippen LogP) is -0.0754. The molecule has 1 unspecified atom stereocenters. The Hall–Kier alpha value is -0.850. The maximum absolute atomic E-state index is 11.5. The number of nitrogens with two attached hydrogens (primary N) is 1. The van der Waals surface area contributed by atoms with Gasteiger partial charge in [0.05, 0.1) is 6.54 Å². The Bertz CT molecular complexity index is 276. The monoisotopic (exact) mass is 278 g/mol. The first kappa shape index (κ1) is 17.2. The lowest BCUT2D eigenvalue weighted by molar-refractivity contribution is -0.120. The van der Waals surface area contributed by atoms with Gasteiger partial charge in [0.25, 0.3) is 0 Å². The molecule has 0 aromatic carbocycles. The molecule has 0 saturated carbocycles. The molecule has 106 valence electrons. The Morgan fingerprint density at radius 2 is 2.17 bits per heavy atom. The number of carbonyl (C=O) groups is 2. The molecule has 1 aliphatic heterocycles. The molecule has 0 bridgehead atoms. The van der Waals surface area contributed by atoms with E-state index in [2.05, 4.69) is 10.6 Å². The van der Waals surface area contributed by atoms with E-state index in [4.69, 9.17) is 5.73 Å². The average Bonchev–Trinajstić information content (AvgIpc) is 2.73. The fourth-order valence-electron chi connectivity index (χ4n) is 1.90. The van der Waals surface area contributed by atoms with Gasteiger partial charge in [0.15, 0.2) is 0 Å². The highest BCUT2D eigenvalue weighted by molar-refractivity contribution is 5.95. The third-order valence-electron chi connectivity index (χ3n) is 2.86. The third-order valence-corrected chi connectivity index (χ3v) is 2.86. The van der Waals surface area contributed by atoms with E-state index in [0.29, 0.717) is 19.0 Å². The summed E-state index contributed by atoms with van der Waals surface area (Å²) in [7, 11) is 0. The first-order valence-electron chi connectivity index (χ1n) is 6.15. The number of likely N-dealkylation sites (tertiary alicyclic amines) is 1. The summed E-state index contributed by atoms with van der Waals surface area (Å²) in [5.74, 6) is 0.230. The van der Waals surface area contributed by atoms with Gasteiger partial charge in [0, 0.05) is 13.1 Å². The van der Waals surface area contributed by atoms with E-state index in [-0.39, 0.29) is 24.9 Å². The molecule has 0 spiro atoms. The van der Waals surface area contributed by atoms with E-state index in [1.54, 1.807) is 0 Å². The second-order valence-corrected chi connectivity index (χ2v) is 4.43. The molecule has 0 aromatic heterocycles. The van der Waals surface area contributed by atoms with Crippen molar-refractivity contribution in [1.29, 1.82) is 0 Å². The topological polar surface area (TPSA) is 87.5 Å². The molecule has 0 aliphatic carbocycles. The van der Waals surface area contributed by atoms with Gasteiger partial charge >= 0.3 is 6.03 Å². The number of halogens is 1. The molecule has 1 atom stereocenters. The fraction of sp³-hybridized carbons (Fsp3) is 0.818. The van der Waals surface area contributed by atoms with Crippen LogP contribution in [-0.2, 0) is 4.79 Å². The van der Waals surface area contributed by atoms with Gasteiger partial charge in [-0.1, -0.05) is 6.92 Å². The molecule has 1 rings (SSSR count). The smallest absolute Gasteiger partial charge is 0.321 e. The van der Waals surface area contributed by atoms with Crippen molar-refractivity contribution >= 4 is 24.3 Å². The van der Waals surface area contributed by atoms with Gasteiger partial charge in [-0.3, -0.25) is 15.0 Å². The molecule has 1 aliphatic rings. The van der Waals surface area contributed by atoms with Crippen molar-refractivity contribution in [2.75, 3.05) is 32.7 Å². The zero-order chi connectivity index (χ0) is 12.7. The number of imide groups is 1. The van der Waals surface area contributed by atoms with Crippen molar-refractivity contribution in [3.8, 4) is 0 Å². The van der Waals surface area contributed by atoms with Crippen LogP contribution in [0.15, 0.2) is 0 Å². The van der Waals surface area contributed by atoms with Crippen LogP contribution < -0.4 is 16.4 Å². The van der Waals surface area contributed by atoms with Crippen LogP contribution in [0, 0.1) is 5.92 Å². The van der Waals surface area contributed by atoms with Crippen molar-refractivity contribution in [2.24, 2.45) is 11.7 Å². The Morgan fingerprint density at radius 3 is 2.72 bits per heavy atom. The summed E-state index contributed by atoms with van der Waals surface area (Å²) in [5, 5.41) is 4.91. The van der Waals surface area contributed by atoms with Crippen molar-refractivity contribution < 1.29 is 9.59 Å². The lowest BCUT2D eigenvalue weighted by atomic mass is 10.1. The number of nitrogens with zero attached hydrogens (tertiary/aromatic N) is 1. The standard InChI is InChI=1S/C11H22N4O2.ClH/c1-2-4-13-11(17)14-10(16)8-15-5-3-9(6-12)7-15;/h9H,2-8,12H2,1H3,(H2,13,14,16,17);1H. The van der Waals surface area contributed by atoms with E-state index in [1.807, 2.05) is 11.8 Å². The normalized spacial score (nSPS) is 19.1. The second kappa shape index (κ2) is 9.13. The van der Waals surface area contributed by atoms with Crippen LogP contribution in [-0.4, -0.2) is 49.6 Å². The minimum atomic E-state index is -0.411. The van der Waals surface area contributed by atoms with Crippen molar-refractivity contribution in [1.82, 2.24) is 15.5 Å². The molecule has 0 radical (unpaired) electrons. The molecule has 6 nitrogen and oxygen atoms in total. The molecule has 4 N–H and O–H groups in total. The summed E-state index contributed by atoms with van der Waals surface area (Å²) < 4.78 is 0. The van der Waals surface area contributed by atoms with Gasteiger partial charge in [-0.2, -0.15) is 0 Å². The SMILES string of the molecule is CCCNC(=O)NC(=O)CN1CCC(CN)C1.Cl. The van der Waals surface area contributed by atoms with Crippen LogP contribution in [0.4, 0.5) is 4.79 Å². The van der Waals surface area contributed by atoms with Crippen molar-refractivity contribution in [3.63, 3.8) is 0 Å². The number of amides is 3. The van der Waals surface area contributed by atoms with E-state index >= 15 is 0 Å². The molecule has 7 heteroatoms.